The van der Waals surface area contributed by atoms with Crippen LogP contribution in [0, 0.1) is 23.3 Å². The van der Waals surface area contributed by atoms with E-state index >= 15 is 0 Å². The Bertz CT molecular complexity index is 576. The van der Waals surface area contributed by atoms with E-state index in [2.05, 4.69) is 5.32 Å². The summed E-state index contributed by atoms with van der Waals surface area (Å²) in [6.45, 7) is 0. The third-order valence-corrected chi connectivity index (χ3v) is 2.26. The van der Waals surface area contributed by atoms with Crippen molar-refractivity contribution in [3.8, 4) is 0 Å². The number of anilines is 3. The van der Waals surface area contributed by atoms with E-state index in [0.717, 1.165) is 18.2 Å². The Hall–Kier alpha value is -2.24. The number of halogens is 4. The summed E-state index contributed by atoms with van der Waals surface area (Å²) >= 11 is 0. The number of nitrogen functional groups attached to an aromatic ring is 1. The SMILES string of the molecule is Nc1ccc(Nc2cc(F)c(F)c(F)c2)c(F)c1. The van der Waals surface area contributed by atoms with Crippen LogP contribution in [0.25, 0.3) is 0 Å². The van der Waals surface area contributed by atoms with Crippen LogP contribution in [0.15, 0.2) is 30.3 Å². The van der Waals surface area contributed by atoms with Crippen LogP contribution in [-0.2, 0) is 0 Å². The summed E-state index contributed by atoms with van der Waals surface area (Å²) in [5.74, 6) is -4.96. The van der Waals surface area contributed by atoms with E-state index in [0.29, 0.717) is 0 Å². The highest BCUT2D eigenvalue weighted by Gasteiger charge is 2.11. The van der Waals surface area contributed by atoms with Gasteiger partial charge in [-0.25, -0.2) is 17.6 Å². The van der Waals surface area contributed by atoms with Crippen LogP contribution < -0.4 is 11.1 Å². The summed E-state index contributed by atoms with van der Waals surface area (Å²) in [6.07, 6.45) is 0. The van der Waals surface area contributed by atoms with Crippen molar-refractivity contribution < 1.29 is 17.6 Å². The smallest absolute Gasteiger partial charge is 0.194 e. The zero-order valence-corrected chi connectivity index (χ0v) is 8.98. The molecular weight excluding hydrogens is 248 g/mol. The first-order valence-electron chi connectivity index (χ1n) is 4.94. The number of hydrogen-bond donors (Lipinski definition) is 2. The minimum Gasteiger partial charge on any atom is -0.399 e. The molecule has 0 atom stereocenters. The third-order valence-electron chi connectivity index (χ3n) is 2.26. The van der Waals surface area contributed by atoms with Gasteiger partial charge in [0, 0.05) is 23.5 Å². The van der Waals surface area contributed by atoms with Gasteiger partial charge in [-0.2, -0.15) is 0 Å². The summed E-state index contributed by atoms with van der Waals surface area (Å²) in [4.78, 5) is 0. The van der Waals surface area contributed by atoms with Crippen LogP contribution in [0.3, 0.4) is 0 Å². The summed E-state index contributed by atoms with van der Waals surface area (Å²) in [5.41, 5.74) is 5.45. The molecule has 0 unspecified atom stereocenters. The van der Waals surface area contributed by atoms with Crippen LogP contribution in [-0.4, -0.2) is 0 Å². The first kappa shape index (κ1) is 12.2. The normalized spacial score (nSPS) is 10.4. The topological polar surface area (TPSA) is 38.0 Å². The quantitative estimate of drug-likeness (QED) is 0.489. The van der Waals surface area contributed by atoms with Gasteiger partial charge in [0.1, 0.15) is 5.82 Å². The van der Waals surface area contributed by atoms with Crippen molar-refractivity contribution in [2.75, 3.05) is 11.1 Å². The first-order chi connectivity index (χ1) is 8.47. The van der Waals surface area contributed by atoms with Crippen LogP contribution in [0.4, 0.5) is 34.6 Å². The van der Waals surface area contributed by atoms with Crippen molar-refractivity contribution in [1.82, 2.24) is 0 Å². The highest BCUT2D eigenvalue weighted by Crippen LogP contribution is 2.24. The second kappa shape index (κ2) is 4.56. The van der Waals surface area contributed by atoms with Crippen molar-refractivity contribution in [2.45, 2.75) is 0 Å². The molecule has 0 amide bonds. The van der Waals surface area contributed by atoms with E-state index < -0.39 is 23.3 Å². The molecule has 18 heavy (non-hydrogen) atoms. The molecule has 0 spiro atoms. The zero-order chi connectivity index (χ0) is 13.3. The summed E-state index contributed by atoms with van der Waals surface area (Å²) in [5, 5.41) is 2.43. The molecule has 0 aliphatic carbocycles. The van der Waals surface area contributed by atoms with E-state index in [4.69, 9.17) is 5.73 Å². The number of nitrogens with two attached hydrogens (primary N) is 1. The lowest BCUT2D eigenvalue weighted by Crippen LogP contribution is -1.98. The molecule has 6 heteroatoms. The predicted octanol–water partition coefficient (Wildman–Crippen LogP) is 3.57. The van der Waals surface area contributed by atoms with Crippen molar-refractivity contribution in [3.63, 3.8) is 0 Å². The molecule has 0 aromatic heterocycles. The van der Waals surface area contributed by atoms with Gasteiger partial charge in [-0.1, -0.05) is 0 Å². The molecule has 0 heterocycles. The Labute approximate surface area is 100 Å². The summed E-state index contributed by atoms with van der Waals surface area (Å²) in [6, 6.07) is 5.24. The van der Waals surface area contributed by atoms with E-state index in [1.54, 1.807) is 0 Å². The van der Waals surface area contributed by atoms with E-state index in [9.17, 15) is 17.6 Å². The van der Waals surface area contributed by atoms with Gasteiger partial charge in [0.2, 0.25) is 0 Å². The minimum absolute atomic E-state index is 0.0189. The lowest BCUT2D eigenvalue weighted by atomic mass is 10.2. The lowest BCUT2D eigenvalue weighted by Gasteiger charge is -2.08. The highest BCUT2D eigenvalue weighted by molar-refractivity contribution is 5.62. The molecule has 2 rings (SSSR count). The molecule has 0 aliphatic heterocycles. The molecule has 2 aromatic carbocycles. The molecule has 3 N–H and O–H groups in total. The van der Waals surface area contributed by atoms with Gasteiger partial charge in [-0.15, -0.1) is 0 Å². The molecule has 0 radical (unpaired) electrons. The average molecular weight is 256 g/mol. The Morgan fingerprint density at radius 3 is 2.00 bits per heavy atom. The summed E-state index contributed by atoms with van der Waals surface area (Å²) < 4.78 is 52.0. The maximum Gasteiger partial charge on any atom is 0.194 e. The molecule has 2 nitrogen and oxygen atoms in total. The number of hydrogen-bond acceptors (Lipinski definition) is 2. The first-order valence-corrected chi connectivity index (χ1v) is 4.94. The molecule has 0 bridgehead atoms. The van der Waals surface area contributed by atoms with Crippen molar-refractivity contribution in [2.24, 2.45) is 0 Å². The Morgan fingerprint density at radius 1 is 0.833 bits per heavy atom. The third kappa shape index (κ3) is 2.37. The van der Waals surface area contributed by atoms with Gasteiger partial charge < -0.3 is 11.1 Å². The van der Waals surface area contributed by atoms with Gasteiger partial charge >= 0.3 is 0 Å². The maximum atomic E-state index is 13.4. The lowest BCUT2D eigenvalue weighted by molar-refractivity contribution is 0.448. The van der Waals surface area contributed by atoms with Crippen molar-refractivity contribution >= 4 is 17.1 Å². The van der Waals surface area contributed by atoms with Gasteiger partial charge in [0.05, 0.1) is 5.69 Å². The van der Waals surface area contributed by atoms with E-state index in [1.807, 2.05) is 0 Å². The molecule has 0 aliphatic rings. The fourth-order valence-electron chi connectivity index (χ4n) is 1.42. The molecular formula is C12H8F4N2. The number of rotatable bonds is 2. The van der Waals surface area contributed by atoms with Crippen molar-refractivity contribution in [3.05, 3.63) is 53.6 Å². The number of benzene rings is 2. The van der Waals surface area contributed by atoms with Gasteiger partial charge in [-0.05, 0) is 18.2 Å². The van der Waals surface area contributed by atoms with Gasteiger partial charge in [0.25, 0.3) is 0 Å². The molecule has 0 saturated heterocycles. The average Bonchev–Trinajstić information content (AvgIpc) is 2.29. The molecule has 2 aromatic rings. The fraction of sp³-hybridized carbons (Fsp3) is 0. The van der Waals surface area contributed by atoms with Crippen LogP contribution in [0.1, 0.15) is 0 Å². The zero-order valence-electron chi connectivity index (χ0n) is 8.98. The minimum atomic E-state index is -1.57. The second-order valence-corrected chi connectivity index (χ2v) is 3.62. The summed E-state index contributed by atoms with van der Waals surface area (Å²) in [7, 11) is 0. The Balaban J connectivity index is 2.34. The monoisotopic (exact) mass is 256 g/mol. The molecule has 0 saturated carbocycles. The Morgan fingerprint density at radius 2 is 1.44 bits per heavy atom. The van der Waals surface area contributed by atoms with Crippen LogP contribution in [0.2, 0.25) is 0 Å². The predicted molar refractivity (Wildman–Crippen MR) is 60.4 cm³/mol. The van der Waals surface area contributed by atoms with Gasteiger partial charge in [-0.3, -0.25) is 0 Å². The maximum absolute atomic E-state index is 13.4. The largest absolute Gasteiger partial charge is 0.399 e. The number of nitrogens with one attached hydrogen (secondary N) is 1. The van der Waals surface area contributed by atoms with E-state index in [-0.39, 0.29) is 17.1 Å². The van der Waals surface area contributed by atoms with Crippen LogP contribution >= 0.6 is 0 Å². The van der Waals surface area contributed by atoms with Crippen LogP contribution in [0.5, 0.6) is 0 Å². The van der Waals surface area contributed by atoms with E-state index in [1.165, 1.54) is 12.1 Å². The second-order valence-electron chi connectivity index (χ2n) is 3.62. The highest BCUT2D eigenvalue weighted by atomic mass is 19.2. The molecule has 0 fully saturated rings. The van der Waals surface area contributed by atoms with Gasteiger partial charge in [0.15, 0.2) is 17.5 Å². The standard InChI is InChI=1S/C12H8F4N2/c13-8-3-6(17)1-2-11(8)18-7-4-9(14)12(16)10(15)5-7/h1-5,18H,17H2. The van der Waals surface area contributed by atoms with Crippen molar-refractivity contribution in [1.29, 1.82) is 0 Å². The Kier molecular flexibility index (Phi) is 3.10. The molecule has 94 valence electrons. The fourth-order valence-corrected chi connectivity index (χ4v) is 1.42.